The van der Waals surface area contributed by atoms with Crippen LogP contribution < -0.4 is 11.1 Å². The number of fused-ring (bicyclic) bond motifs is 2. The van der Waals surface area contributed by atoms with E-state index < -0.39 is 0 Å². The first kappa shape index (κ1) is 19.5. The Kier molecular flexibility index (Phi) is 8.10. The van der Waals surface area contributed by atoms with Crippen LogP contribution in [-0.2, 0) is 0 Å². The zero-order valence-corrected chi connectivity index (χ0v) is 14.6. The van der Waals surface area contributed by atoms with E-state index >= 15 is 0 Å². The van der Waals surface area contributed by atoms with Crippen molar-refractivity contribution in [1.29, 1.82) is 0 Å². The number of nitrogens with zero attached hydrogens (tertiary/aromatic N) is 1. The maximum atomic E-state index is 5.54. The van der Waals surface area contributed by atoms with E-state index in [0.717, 1.165) is 37.0 Å². The van der Waals surface area contributed by atoms with Crippen molar-refractivity contribution in [3.63, 3.8) is 0 Å². The Morgan fingerprint density at radius 1 is 0.783 bits per heavy atom. The van der Waals surface area contributed by atoms with E-state index in [1.165, 1.54) is 22.9 Å². The van der Waals surface area contributed by atoms with Crippen molar-refractivity contribution >= 4 is 52.3 Å². The lowest BCUT2D eigenvalue weighted by Crippen LogP contribution is -2.05. The smallest absolute Gasteiger partial charge is 0.0730 e. The Hall–Kier alpha value is -1.55. The molecule has 1 heterocycles. The molecule has 0 atom stereocenters. The van der Waals surface area contributed by atoms with E-state index in [1.54, 1.807) is 0 Å². The van der Waals surface area contributed by atoms with Crippen LogP contribution in [0.1, 0.15) is 19.3 Å². The van der Waals surface area contributed by atoms with Crippen LogP contribution >= 0.6 is 24.8 Å². The van der Waals surface area contributed by atoms with E-state index in [4.69, 9.17) is 10.7 Å². The Bertz CT molecular complexity index is 693. The molecule has 0 spiro atoms. The lowest BCUT2D eigenvalue weighted by molar-refractivity contribution is 0.707. The summed E-state index contributed by atoms with van der Waals surface area (Å²) in [5.74, 6) is 0. The summed E-state index contributed by atoms with van der Waals surface area (Å²) in [6.45, 7) is 1.75. The normalized spacial score (nSPS) is 10.1. The molecule has 0 amide bonds. The Balaban J connectivity index is 0.00000132. The van der Waals surface area contributed by atoms with Crippen LogP contribution in [0, 0.1) is 0 Å². The molecular weight excluding hydrogens is 329 g/mol. The molecule has 0 saturated heterocycles. The number of halogens is 2. The Labute approximate surface area is 149 Å². The van der Waals surface area contributed by atoms with Gasteiger partial charge < -0.3 is 11.1 Å². The average molecular weight is 352 g/mol. The maximum Gasteiger partial charge on any atom is 0.0730 e. The summed E-state index contributed by atoms with van der Waals surface area (Å²) >= 11 is 0. The lowest BCUT2D eigenvalue weighted by atomic mass is 10.1. The highest BCUT2D eigenvalue weighted by Gasteiger charge is 2.07. The van der Waals surface area contributed by atoms with Crippen molar-refractivity contribution in [3.05, 3.63) is 48.5 Å². The number of rotatable bonds is 6. The van der Waals surface area contributed by atoms with Crippen molar-refractivity contribution in [1.82, 2.24) is 4.98 Å². The van der Waals surface area contributed by atoms with Gasteiger partial charge in [0.1, 0.15) is 0 Å². The van der Waals surface area contributed by atoms with Crippen molar-refractivity contribution < 1.29 is 0 Å². The van der Waals surface area contributed by atoms with Crippen molar-refractivity contribution in [2.45, 2.75) is 19.3 Å². The van der Waals surface area contributed by atoms with Crippen LogP contribution in [0.4, 0.5) is 5.69 Å². The largest absolute Gasteiger partial charge is 0.384 e. The molecular formula is C18H23Cl2N3. The molecule has 0 radical (unpaired) electrons. The van der Waals surface area contributed by atoms with Crippen molar-refractivity contribution in [2.24, 2.45) is 5.73 Å². The molecule has 0 bridgehead atoms. The second-order valence-electron chi connectivity index (χ2n) is 5.30. The van der Waals surface area contributed by atoms with Crippen molar-refractivity contribution in [3.8, 4) is 0 Å². The summed E-state index contributed by atoms with van der Waals surface area (Å²) in [5.41, 5.74) is 8.82. The first-order chi connectivity index (χ1) is 10.4. The third kappa shape index (κ3) is 4.47. The standard InChI is InChI=1S/C18H21N3.2ClH/c19-12-6-1-7-13-20-18-14-8-2-4-10-16(14)21-17-11-5-3-9-15(17)18;;/h2-5,8-11H,1,6-7,12-13,19H2,(H,20,21);2*1H. The van der Waals surface area contributed by atoms with Gasteiger partial charge in [-0.15, -0.1) is 24.8 Å². The minimum atomic E-state index is 0. The molecule has 3 nitrogen and oxygen atoms in total. The molecule has 0 aliphatic heterocycles. The third-order valence-corrected chi connectivity index (χ3v) is 3.77. The van der Waals surface area contributed by atoms with Gasteiger partial charge in [-0.05, 0) is 31.5 Å². The number of anilines is 1. The molecule has 124 valence electrons. The quantitative estimate of drug-likeness (QED) is 0.496. The summed E-state index contributed by atoms with van der Waals surface area (Å²) in [6.07, 6.45) is 3.41. The first-order valence-corrected chi connectivity index (χ1v) is 7.61. The van der Waals surface area contributed by atoms with Gasteiger partial charge >= 0.3 is 0 Å². The fourth-order valence-electron chi connectivity index (χ4n) is 2.69. The third-order valence-electron chi connectivity index (χ3n) is 3.77. The SMILES string of the molecule is Cl.Cl.NCCCCCNc1c2ccccc2nc2ccccc12. The molecule has 0 aliphatic carbocycles. The minimum Gasteiger partial charge on any atom is -0.384 e. The average Bonchev–Trinajstić information content (AvgIpc) is 2.53. The highest BCUT2D eigenvalue weighted by molar-refractivity contribution is 6.07. The molecule has 2 aromatic carbocycles. The summed E-state index contributed by atoms with van der Waals surface area (Å²) in [4.78, 5) is 4.74. The molecule has 5 heteroatoms. The molecule has 3 aromatic rings. The van der Waals surface area contributed by atoms with Crippen molar-refractivity contribution in [2.75, 3.05) is 18.4 Å². The Morgan fingerprint density at radius 2 is 1.35 bits per heavy atom. The fraction of sp³-hybridized carbons (Fsp3) is 0.278. The van der Waals surface area contributed by atoms with Gasteiger partial charge in [-0.25, -0.2) is 4.98 Å². The van der Waals surface area contributed by atoms with E-state index in [9.17, 15) is 0 Å². The molecule has 0 fully saturated rings. The maximum absolute atomic E-state index is 5.54. The number of unbranched alkanes of at least 4 members (excludes halogenated alkanes) is 2. The second kappa shape index (κ2) is 9.56. The predicted octanol–water partition coefficient (Wildman–Crippen LogP) is 4.77. The number of hydrogen-bond acceptors (Lipinski definition) is 3. The zero-order chi connectivity index (χ0) is 14.5. The number of nitrogens with one attached hydrogen (secondary N) is 1. The first-order valence-electron chi connectivity index (χ1n) is 7.61. The lowest BCUT2D eigenvalue weighted by Gasteiger charge is -2.13. The molecule has 3 N–H and O–H groups in total. The number of hydrogen-bond donors (Lipinski definition) is 2. The number of benzene rings is 2. The minimum absolute atomic E-state index is 0. The molecule has 23 heavy (non-hydrogen) atoms. The van der Waals surface area contributed by atoms with Crippen LogP contribution in [0.5, 0.6) is 0 Å². The fourth-order valence-corrected chi connectivity index (χ4v) is 2.69. The molecule has 0 unspecified atom stereocenters. The van der Waals surface area contributed by atoms with Crippen LogP contribution in [0.3, 0.4) is 0 Å². The summed E-state index contributed by atoms with van der Waals surface area (Å²) < 4.78 is 0. The predicted molar refractivity (Wildman–Crippen MR) is 105 cm³/mol. The monoisotopic (exact) mass is 351 g/mol. The molecule has 0 aliphatic rings. The van der Waals surface area contributed by atoms with E-state index in [-0.39, 0.29) is 24.8 Å². The number of aromatic nitrogens is 1. The number of pyridine rings is 1. The highest BCUT2D eigenvalue weighted by atomic mass is 35.5. The molecule has 1 aromatic heterocycles. The highest BCUT2D eigenvalue weighted by Crippen LogP contribution is 2.30. The summed E-state index contributed by atoms with van der Waals surface area (Å²) in [6, 6.07) is 16.6. The van der Waals surface area contributed by atoms with Crippen LogP contribution in [-0.4, -0.2) is 18.1 Å². The van der Waals surface area contributed by atoms with E-state index in [0.29, 0.717) is 0 Å². The second-order valence-corrected chi connectivity index (χ2v) is 5.30. The van der Waals surface area contributed by atoms with Gasteiger partial charge in [0, 0.05) is 17.3 Å². The van der Waals surface area contributed by atoms with Gasteiger partial charge in [0.2, 0.25) is 0 Å². The van der Waals surface area contributed by atoms with E-state index in [1.807, 2.05) is 12.1 Å². The van der Waals surface area contributed by atoms with Crippen LogP contribution in [0.15, 0.2) is 48.5 Å². The molecule has 3 rings (SSSR count). The van der Waals surface area contributed by atoms with Gasteiger partial charge in [0.05, 0.1) is 16.7 Å². The Morgan fingerprint density at radius 3 is 1.91 bits per heavy atom. The zero-order valence-electron chi connectivity index (χ0n) is 13.0. The van der Waals surface area contributed by atoms with Gasteiger partial charge in [-0.3, -0.25) is 0 Å². The van der Waals surface area contributed by atoms with Gasteiger partial charge in [0.25, 0.3) is 0 Å². The van der Waals surface area contributed by atoms with Crippen LogP contribution in [0.25, 0.3) is 21.8 Å². The van der Waals surface area contributed by atoms with E-state index in [2.05, 4.69) is 41.7 Å². The summed E-state index contributed by atoms with van der Waals surface area (Å²) in [7, 11) is 0. The topological polar surface area (TPSA) is 50.9 Å². The van der Waals surface area contributed by atoms with Gasteiger partial charge in [-0.1, -0.05) is 42.8 Å². The molecule has 0 saturated carbocycles. The van der Waals surface area contributed by atoms with Gasteiger partial charge in [-0.2, -0.15) is 0 Å². The summed E-state index contributed by atoms with van der Waals surface area (Å²) in [5, 5.41) is 5.99. The van der Waals surface area contributed by atoms with Gasteiger partial charge in [0.15, 0.2) is 0 Å². The number of para-hydroxylation sites is 2. The van der Waals surface area contributed by atoms with Crippen LogP contribution in [0.2, 0.25) is 0 Å². The number of nitrogens with two attached hydrogens (primary N) is 1.